The summed E-state index contributed by atoms with van der Waals surface area (Å²) < 4.78 is 5.14. The maximum Gasteiger partial charge on any atom is 0.248 e. The first-order chi connectivity index (χ1) is 8.94. The van der Waals surface area contributed by atoms with Gasteiger partial charge in [0.15, 0.2) is 5.76 Å². The molecule has 6 heteroatoms. The minimum absolute atomic E-state index is 0.0742. The minimum atomic E-state index is -0.831. The Morgan fingerprint density at radius 1 is 1.53 bits per heavy atom. The van der Waals surface area contributed by atoms with E-state index >= 15 is 0 Å². The number of carbonyl (C=O) groups excluding carboxylic acids is 2. The second kappa shape index (κ2) is 5.03. The summed E-state index contributed by atoms with van der Waals surface area (Å²) in [4.78, 5) is 25.8. The summed E-state index contributed by atoms with van der Waals surface area (Å²) in [6.07, 6.45) is 0.873. The molecule has 1 unspecified atom stereocenters. The predicted molar refractivity (Wildman–Crippen MR) is 68.1 cm³/mol. The molecule has 0 saturated carbocycles. The lowest BCUT2D eigenvalue weighted by Gasteiger charge is -2.30. The first-order valence-electron chi connectivity index (χ1n) is 6.47. The highest BCUT2D eigenvalue weighted by Gasteiger charge is 2.39. The number of carbonyl (C=O) groups is 2. The highest BCUT2D eigenvalue weighted by molar-refractivity contribution is 5.93. The molecule has 0 bridgehead atoms. The lowest BCUT2D eigenvalue weighted by molar-refractivity contribution is -0.139. The Morgan fingerprint density at radius 2 is 2.26 bits per heavy atom. The van der Waals surface area contributed by atoms with Crippen molar-refractivity contribution >= 4 is 11.8 Å². The van der Waals surface area contributed by atoms with E-state index in [2.05, 4.69) is 10.5 Å². The zero-order valence-corrected chi connectivity index (χ0v) is 11.5. The molecule has 19 heavy (non-hydrogen) atoms. The Morgan fingerprint density at radius 3 is 2.84 bits per heavy atom. The molecule has 2 heterocycles. The molecule has 6 nitrogen and oxygen atoms in total. The quantitative estimate of drug-likeness (QED) is 0.884. The normalized spacial score (nSPS) is 24.3. The number of nitrogens with one attached hydrogen (secondary N) is 1. The van der Waals surface area contributed by atoms with Gasteiger partial charge in [0.2, 0.25) is 11.8 Å². The number of aromatic nitrogens is 1. The lowest BCUT2D eigenvalue weighted by atomic mass is 9.97. The van der Waals surface area contributed by atoms with Crippen LogP contribution < -0.4 is 5.32 Å². The van der Waals surface area contributed by atoms with Crippen LogP contribution in [0.4, 0.5) is 0 Å². The molecular weight excluding hydrogens is 246 g/mol. The summed E-state index contributed by atoms with van der Waals surface area (Å²) >= 11 is 0. The summed E-state index contributed by atoms with van der Waals surface area (Å²) in [6, 6.07) is 1.80. The molecule has 1 aliphatic rings. The first-order valence-corrected chi connectivity index (χ1v) is 6.47. The SMILES string of the molecule is CCC1(C)NC(=O)CCN(Cc2cc(C)no2)C1=O. The van der Waals surface area contributed by atoms with Crippen molar-refractivity contribution in [2.24, 2.45) is 0 Å². The van der Waals surface area contributed by atoms with Gasteiger partial charge < -0.3 is 14.7 Å². The molecule has 0 aliphatic carbocycles. The van der Waals surface area contributed by atoms with E-state index in [1.165, 1.54) is 0 Å². The van der Waals surface area contributed by atoms with Gasteiger partial charge in [0, 0.05) is 19.0 Å². The van der Waals surface area contributed by atoms with E-state index < -0.39 is 5.54 Å². The van der Waals surface area contributed by atoms with Crippen molar-refractivity contribution in [2.75, 3.05) is 6.54 Å². The van der Waals surface area contributed by atoms with Crippen LogP contribution in [0.3, 0.4) is 0 Å². The van der Waals surface area contributed by atoms with E-state index in [4.69, 9.17) is 4.52 Å². The maximum absolute atomic E-state index is 12.5. The van der Waals surface area contributed by atoms with E-state index in [0.717, 1.165) is 5.69 Å². The fraction of sp³-hybridized carbons (Fsp3) is 0.615. The van der Waals surface area contributed by atoms with Crippen LogP contribution in [0.2, 0.25) is 0 Å². The molecule has 1 aromatic heterocycles. The second-order valence-corrected chi connectivity index (χ2v) is 5.15. The average Bonchev–Trinajstić information content (AvgIpc) is 2.74. The maximum atomic E-state index is 12.5. The molecule has 1 aromatic rings. The van der Waals surface area contributed by atoms with Crippen molar-refractivity contribution in [3.8, 4) is 0 Å². The van der Waals surface area contributed by atoms with Gasteiger partial charge in [-0.2, -0.15) is 0 Å². The average molecular weight is 265 g/mol. The molecule has 0 aromatic carbocycles. The van der Waals surface area contributed by atoms with Crippen LogP contribution in [0.1, 0.15) is 38.1 Å². The Hall–Kier alpha value is -1.85. The molecule has 1 N–H and O–H groups in total. The van der Waals surface area contributed by atoms with Crippen molar-refractivity contribution in [3.63, 3.8) is 0 Å². The standard InChI is InChI=1S/C13H19N3O3/c1-4-13(3)12(18)16(6-5-11(17)14-13)8-10-7-9(2)15-19-10/h7H,4-6,8H2,1-3H3,(H,14,17). The van der Waals surface area contributed by atoms with Crippen molar-refractivity contribution in [1.29, 1.82) is 0 Å². The Balaban J connectivity index is 2.19. The molecule has 2 amide bonds. The van der Waals surface area contributed by atoms with E-state index in [9.17, 15) is 9.59 Å². The summed E-state index contributed by atoms with van der Waals surface area (Å²) in [5.74, 6) is 0.475. The van der Waals surface area contributed by atoms with Crippen LogP contribution in [0.25, 0.3) is 0 Å². The van der Waals surface area contributed by atoms with Gasteiger partial charge in [-0.3, -0.25) is 9.59 Å². The van der Waals surface area contributed by atoms with Crippen LogP contribution in [0.15, 0.2) is 10.6 Å². The van der Waals surface area contributed by atoms with Gasteiger partial charge in [0.05, 0.1) is 12.2 Å². The van der Waals surface area contributed by atoms with Crippen LogP contribution >= 0.6 is 0 Å². The molecule has 104 valence electrons. The summed E-state index contributed by atoms with van der Waals surface area (Å²) in [5.41, 5.74) is -0.0486. The van der Waals surface area contributed by atoms with Gasteiger partial charge >= 0.3 is 0 Å². The van der Waals surface area contributed by atoms with Gasteiger partial charge in [0.25, 0.3) is 0 Å². The van der Waals surface area contributed by atoms with E-state index in [1.54, 1.807) is 17.9 Å². The van der Waals surface area contributed by atoms with Gasteiger partial charge in [-0.1, -0.05) is 12.1 Å². The third kappa shape index (κ3) is 2.77. The van der Waals surface area contributed by atoms with Crippen LogP contribution in [-0.2, 0) is 16.1 Å². The smallest absolute Gasteiger partial charge is 0.248 e. The minimum Gasteiger partial charge on any atom is -0.359 e. The van der Waals surface area contributed by atoms with Crippen molar-refractivity contribution in [3.05, 3.63) is 17.5 Å². The summed E-state index contributed by atoms with van der Waals surface area (Å²) in [6.45, 7) is 6.24. The Kier molecular flexibility index (Phi) is 3.59. The zero-order valence-electron chi connectivity index (χ0n) is 11.5. The topological polar surface area (TPSA) is 75.4 Å². The van der Waals surface area contributed by atoms with Crippen molar-refractivity contribution < 1.29 is 14.1 Å². The zero-order chi connectivity index (χ0) is 14.0. The third-order valence-corrected chi connectivity index (χ3v) is 3.51. The highest BCUT2D eigenvalue weighted by Crippen LogP contribution is 2.19. The molecule has 0 radical (unpaired) electrons. The first kappa shape index (κ1) is 13.6. The molecular formula is C13H19N3O3. The van der Waals surface area contributed by atoms with Gasteiger partial charge in [0.1, 0.15) is 5.54 Å². The molecule has 1 fully saturated rings. The third-order valence-electron chi connectivity index (χ3n) is 3.51. The van der Waals surface area contributed by atoms with Gasteiger partial charge in [-0.25, -0.2) is 0 Å². The largest absolute Gasteiger partial charge is 0.359 e. The Labute approximate surface area is 112 Å². The number of hydrogen-bond donors (Lipinski definition) is 1. The van der Waals surface area contributed by atoms with Crippen LogP contribution in [0.5, 0.6) is 0 Å². The molecule has 1 aliphatic heterocycles. The van der Waals surface area contributed by atoms with Crippen molar-refractivity contribution in [2.45, 2.75) is 45.7 Å². The van der Waals surface area contributed by atoms with Gasteiger partial charge in [-0.15, -0.1) is 0 Å². The van der Waals surface area contributed by atoms with Crippen LogP contribution in [-0.4, -0.2) is 34.0 Å². The fourth-order valence-electron chi connectivity index (χ4n) is 2.18. The molecule has 2 rings (SSSR count). The van der Waals surface area contributed by atoms with E-state index in [1.807, 2.05) is 13.8 Å². The molecule has 1 saturated heterocycles. The summed E-state index contributed by atoms with van der Waals surface area (Å²) in [5, 5.41) is 6.61. The molecule has 1 atom stereocenters. The Bertz CT molecular complexity index is 497. The number of hydrogen-bond acceptors (Lipinski definition) is 4. The monoisotopic (exact) mass is 265 g/mol. The summed E-state index contributed by atoms with van der Waals surface area (Å²) in [7, 11) is 0. The van der Waals surface area contributed by atoms with E-state index in [-0.39, 0.29) is 11.8 Å². The number of nitrogens with zero attached hydrogens (tertiary/aromatic N) is 2. The fourth-order valence-corrected chi connectivity index (χ4v) is 2.18. The predicted octanol–water partition coefficient (Wildman–Crippen LogP) is 1.00. The van der Waals surface area contributed by atoms with Crippen molar-refractivity contribution in [1.82, 2.24) is 15.4 Å². The number of amides is 2. The van der Waals surface area contributed by atoms with Crippen LogP contribution in [0, 0.1) is 6.92 Å². The second-order valence-electron chi connectivity index (χ2n) is 5.15. The van der Waals surface area contributed by atoms with Gasteiger partial charge in [-0.05, 0) is 20.3 Å². The number of aryl methyl sites for hydroxylation is 1. The van der Waals surface area contributed by atoms with E-state index in [0.29, 0.717) is 31.7 Å². The highest BCUT2D eigenvalue weighted by atomic mass is 16.5. The molecule has 0 spiro atoms. The lowest BCUT2D eigenvalue weighted by Crippen LogP contribution is -2.54. The number of rotatable bonds is 3.